The number of carbonyl (C=O) groups is 5. The number of unbranched alkanes of at least 4 members (excludes halogenated alkanes) is 26. The molecule has 0 unspecified atom stereocenters. The number of carbonyl (C=O) groups excluding carboxylic acids is 4. The molecule has 4 amide bonds. The Balaban J connectivity index is 1.42. The molecule has 11 heteroatoms. The van der Waals surface area contributed by atoms with Crippen molar-refractivity contribution in [3.05, 3.63) is 59.7 Å². The van der Waals surface area contributed by atoms with E-state index in [4.69, 9.17) is 14.2 Å². The Hall–Kier alpha value is -4.41. The molecule has 1 atom stereocenters. The lowest BCUT2D eigenvalue weighted by Crippen LogP contribution is -2.45. The molecule has 0 heterocycles. The third kappa shape index (κ3) is 22.6. The highest BCUT2D eigenvalue weighted by atomic mass is 16.6. The van der Waals surface area contributed by atoms with Gasteiger partial charge in [-0.3, -0.25) is 4.79 Å². The molecule has 0 radical (unpaired) electrons. The number of fused-ring (bicyclic) bond motifs is 3. The molecule has 2 N–H and O–H groups in total. The first-order valence-corrected chi connectivity index (χ1v) is 25.8. The number of carboxylic acid groups (broad SMARTS) is 1. The zero-order valence-corrected chi connectivity index (χ0v) is 40.3. The number of nitrogens with zero attached hydrogens (tertiary/aromatic N) is 1. The monoisotopic (exact) mass is 905 g/mol. The van der Waals surface area contributed by atoms with Crippen LogP contribution in [-0.4, -0.2) is 66.0 Å². The van der Waals surface area contributed by atoms with Crippen LogP contribution in [0.3, 0.4) is 0 Å². The molecule has 0 saturated heterocycles. The van der Waals surface area contributed by atoms with Crippen molar-refractivity contribution < 1.29 is 43.3 Å². The van der Waals surface area contributed by atoms with E-state index in [0.29, 0.717) is 17.7 Å². The molecule has 0 bridgehead atoms. The minimum Gasteiger partial charge on any atom is -0.480 e. The number of aliphatic carboxylic acids is 1. The van der Waals surface area contributed by atoms with Gasteiger partial charge in [0.1, 0.15) is 12.6 Å². The number of nitrogens with one attached hydrogen (secondary N) is 1. The number of amides is 4. The summed E-state index contributed by atoms with van der Waals surface area (Å²) in [6.45, 7) is 4.54. The smallest absolute Gasteiger partial charge is 0.426 e. The van der Waals surface area contributed by atoms with Crippen LogP contribution in [0.5, 0.6) is 0 Å². The zero-order chi connectivity index (χ0) is 46.7. The first-order valence-electron chi connectivity index (χ1n) is 25.8. The molecule has 3 rings (SSSR count). The Morgan fingerprint density at radius 3 is 1.25 bits per heavy atom. The van der Waals surface area contributed by atoms with Crippen molar-refractivity contribution in [2.24, 2.45) is 0 Å². The molecule has 0 saturated carbocycles. The normalized spacial score (nSPS) is 12.3. The topological polar surface area (TPSA) is 149 Å². The van der Waals surface area contributed by atoms with E-state index in [0.717, 1.165) is 60.8 Å². The fourth-order valence-corrected chi connectivity index (χ4v) is 8.74. The average Bonchev–Trinajstić information content (AvgIpc) is 3.62. The van der Waals surface area contributed by atoms with Crippen LogP contribution in [0.2, 0.25) is 0 Å². The van der Waals surface area contributed by atoms with Gasteiger partial charge in [0.15, 0.2) is 0 Å². The van der Waals surface area contributed by atoms with E-state index in [9.17, 15) is 29.1 Å². The average molecular weight is 905 g/mol. The first kappa shape index (κ1) is 54.9. The van der Waals surface area contributed by atoms with Gasteiger partial charge < -0.3 is 24.6 Å². The maximum atomic E-state index is 13.5. The SMILES string of the molecule is CCCCCCCCCCCCCCCCOC(=O)N(C(=O)CC[C@H](NC(=O)OCC1c2ccccc2-c2ccccc21)C(=O)O)C(=O)OCCCCCCCCCCCCCCCC. The van der Waals surface area contributed by atoms with Crippen molar-refractivity contribution in [3.8, 4) is 11.1 Å². The maximum Gasteiger partial charge on any atom is 0.426 e. The number of rotatable bonds is 37. The molecule has 2 aromatic rings. The first-order chi connectivity index (χ1) is 31.8. The lowest BCUT2D eigenvalue weighted by atomic mass is 9.98. The van der Waals surface area contributed by atoms with E-state index in [1.807, 2.05) is 48.5 Å². The van der Waals surface area contributed by atoms with Gasteiger partial charge in [0.2, 0.25) is 5.91 Å². The Morgan fingerprint density at radius 1 is 0.523 bits per heavy atom. The molecule has 0 aliphatic heterocycles. The number of benzene rings is 2. The molecular formula is C54H84N2O9. The third-order valence-corrected chi connectivity index (χ3v) is 12.6. The Morgan fingerprint density at radius 2 is 0.877 bits per heavy atom. The highest BCUT2D eigenvalue weighted by molar-refractivity contribution is 6.06. The molecule has 1 aliphatic carbocycles. The molecule has 11 nitrogen and oxygen atoms in total. The molecule has 1 aliphatic rings. The van der Waals surface area contributed by atoms with Crippen LogP contribution in [0, 0.1) is 0 Å². The van der Waals surface area contributed by atoms with Gasteiger partial charge in [0.25, 0.3) is 0 Å². The maximum absolute atomic E-state index is 13.5. The van der Waals surface area contributed by atoms with Crippen LogP contribution in [0.1, 0.15) is 224 Å². The predicted molar refractivity (Wildman–Crippen MR) is 259 cm³/mol. The fraction of sp³-hybridized carbons (Fsp3) is 0.685. The summed E-state index contributed by atoms with van der Waals surface area (Å²) in [5, 5.41) is 12.3. The number of carboxylic acids is 1. The molecule has 0 fully saturated rings. The van der Waals surface area contributed by atoms with Gasteiger partial charge in [-0.25, -0.2) is 19.2 Å². The molecule has 0 spiro atoms. The second-order valence-corrected chi connectivity index (χ2v) is 18.0. The third-order valence-electron chi connectivity index (χ3n) is 12.6. The van der Waals surface area contributed by atoms with Crippen LogP contribution >= 0.6 is 0 Å². The van der Waals surface area contributed by atoms with E-state index in [-0.39, 0.29) is 25.7 Å². The van der Waals surface area contributed by atoms with Crippen LogP contribution in [0.25, 0.3) is 11.1 Å². The quantitative estimate of drug-likeness (QED) is 0.0499. The second kappa shape index (κ2) is 34.9. The summed E-state index contributed by atoms with van der Waals surface area (Å²) in [7, 11) is 0. The Labute approximate surface area is 391 Å². The summed E-state index contributed by atoms with van der Waals surface area (Å²) >= 11 is 0. The van der Waals surface area contributed by atoms with Gasteiger partial charge in [-0.05, 0) is 41.5 Å². The number of imide groups is 3. The molecular weight excluding hydrogens is 821 g/mol. The zero-order valence-electron chi connectivity index (χ0n) is 40.3. The number of hydrogen-bond acceptors (Lipinski definition) is 8. The largest absolute Gasteiger partial charge is 0.480 e. The number of alkyl carbamates (subject to hydrolysis) is 1. The lowest BCUT2D eigenvalue weighted by Gasteiger charge is -2.20. The van der Waals surface area contributed by atoms with Crippen molar-refractivity contribution in [3.63, 3.8) is 0 Å². The minimum atomic E-state index is -1.52. The van der Waals surface area contributed by atoms with Crippen molar-refractivity contribution in [2.75, 3.05) is 19.8 Å². The Bertz CT molecular complexity index is 1560. The highest BCUT2D eigenvalue weighted by Crippen LogP contribution is 2.44. The number of ether oxygens (including phenoxy) is 3. The lowest BCUT2D eigenvalue weighted by molar-refractivity contribution is -0.139. The Kier molecular flexibility index (Phi) is 29.5. The summed E-state index contributed by atoms with van der Waals surface area (Å²) in [4.78, 5) is 65.5. The second-order valence-electron chi connectivity index (χ2n) is 18.0. The molecule has 65 heavy (non-hydrogen) atoms. The van der Waals surface area contributed by atoms with Gasteiger partial charge in [0, 0.05) is 12.3 Å². The van der Waals surface area contributed by atoms with E-state index in [1.165, 1.54) is 128 Å². The van der Waals surface area contributed by atoms with Crippen LogP contribution in [0.4, 0.5) is 14.4 Å². The summed E-state index contributed by atoms with van der Waals surface area (Å²) in [5.74, 6) is -2.58. The van der Waals surface area contributed by atoms with Gasteiger partial charge in [0.05, 0.1) is 13.2 Å². The van der Waals surface area contributed by atoms with E-state index in [2.05, 4.69) is 19.2 Å². The van der Waals surface area contributed by atoms with Gasteiger partial charge in [-0.1, -0.05) is 229 Å². The minimum absolute atomic E-state index is 0.0186. The summed E-state index contributed by atoms with van der Waals surface area (Å²) in [6.07, 6.45) is 28.8. The van der Waals surface area contributed by atoms with Crippen LogP contribution in [-0.2, 0) is 23.8 Å². The molecule has 2 aromatic carbocycles. The van der Waals surface area contributed by atoms with E-state index < -0.39 is 49.0 Å². The van der Waals surface area contributed by atoms with Crippen LogP contribution in [0.15, 0.2) is 48.5 Å². The van der Waals surface area contributed by atoms with Gasteiger partial charge in [-0.2, -0.15) is 0 Å². The summed E-state index contributed by atoms with van der Waals surface area (Å²) in [5.41, 5.74) is 4.13. The van der Waals surface area contributed by atoms with Gasteiger partial charge >= 0.3 is 24.2 Å². The van der Waals surface area contributed by atoms with Crippen LogP contribution < -0.4 is 5.32 Å². The fourth-order valence-electron chi connectivity index (χ4n) is 8.74. The predicted octanol–water partition coefficient (Wildman–Crippen LogP) is 14.8. The molecule has 364 valence electrons. The van der Waals surface area contributed by atoms with E-state index >= 15 is 0 Å². The van der Waals surface area contributed by atoms with Crippen molar-refractivity contribution in [2.45, 2.75) is 218 Å². The van der Waals surface area contributed by atoms with E-state index in [1.54, 1.807) is 0 Å². The standard InChI is InChI=1S/C54H84N2O9/c1-3-5-7-9-11-13-15-17-19-21-23-25-27-33-41-63-53(61)56(54(62)64-42-34-28-26-24-22-20-18-16-14-12-10-8-6-4-2)50(57)40-39-49(51(58)59)55-52(60)65-43-48-46-37-31-29-35-44(46)45-36-30-32-38-47(45)48/h29-32,35-38,48-49H,3-28,33-34,39-43H2,1-2H3,(H,55,60)(H,58,59)/t49-/m0/s1. The number of hydrogen-bond donors (Lipinski definition) is 2. The van der Waals surface area contributed by atoms with Gasteiger partial charge in [-0.15, -0.1) is 4.90 Å². The van der Waals surface area contributed by atoms with Crippen molar-refractivity contribution >= 4 is 30.2 Å². The van der Waals surface area contributed by atoms with Crippen molar-refractivity contribution in [1.82, 2.24) is 10.2 Å². The summed E-state index contributed by atoms with van der Waals surface area (Å²) < 4.78 is 16.3. The molecule has 0 aromatic heterocycles. The summed E-state index contributed by atoms with van der Waals surface area (Å²) in [6, 6.07) is 14.2. The highest BCUT2D eigenvalue weighted by Gasteiger charge is 2.34. The van der Waals surface area contributed by atoms with Crippen molar-refractivity contribution in [1.29, 1.82) is 0 Å².